The van der Waals surface area contributed by atoms with Gasteiger partial charge in [-0.1, -0.05) is 24.8 Å². The van der Waals surface area contributed by atoms with Gasteiger partial charge in [-0.05, 0) is 19.1 Å². The van der Waals surface area contributed by atoms with Crippen molar-refractivity contribution < 1.29 is 24.9 Å². The van der Waals surface area contributed by atoms with E-state index in [2.05, 4.69) is 11.3 Å². The molecule has 5 nitrogen and oxygen atoms in total. The molecule has 0 atom stereocenters. The number of rotatable bonds is 3. The van der Waals surface area contributed by atoms with Gasteiger partial charge in [-0.2, -0.15) is 0 Å². The maximum absolute atomic E-state index is 9.60. The fourth-order valence-electron chi connectivity index (χ4n) is 0.621. The third-order valence-corrected chi connectivity index (χ3v) is 1.35. The van der Waals surface area contributed by atoms with Crippen molar-refractivity contribution in [2.24, 2.45) is 0 Å². The normalized spacial score (nSPS) is 9.00. The van der Waals surface area contributed by atoms with E-state index in [1.54, 1.807) is 24.3 Å². The van der Waals surface area contributed by atoms with E-state index in [4.69, 9.17) is 15.3 Å². The maximum Gasteiger partial charge on any atom is 0.330 e. The second-order valence-corrected chi connectivity index (χ2v) is 2.84. The molecule has 0 aliphatic rings. The molecular formula is C11H14O5. The number of aliphatic hydroxyl groups excluding tert-OH is 1. The Hall–Kier alpha value is -1.85. The Morgan fingerprint density at radius 1 is 1.31 bits per heavy atom. The smallest absolute Gasteiger partial charge is 0.330 e. The van der Waals surface area contributed by atoms with Crippen molar-refractivity contribution in [1.82, 2.24) is 0 Å². The van der Waals surface area contributed by atoms with E-state index < -0.39 is 12.4 Å². The Labute approximate surface area is 93.2 Å². The van der Waals surface area contributed by atoms with Gasteiger partial charge in [-0.3, -0.25) is 0 Å². The summed E-state index contributed by atoms with van der Waals surface area (Å²) < 4.78 is 4.53. The maximum atomic E-state index is 9.60. The van der Waals surface area contributed by atoms with Crippen molar-refractivity contribution in [3.63, 3.8) is 0 Å². The lowest BCUT2D eigenvalue weighted by molar-refractivity contribution is -0.179. The van der Waals surface area contributed by atoms with Gasteiger partial charge in [0.25, 0.3) is 0 Å². The summed E-state index contributed by atoms with van der Waals surface area (Å²) in [4.78, 5) is 9.60. The molecular weight excluding hydrogens is 212 g/mol. The van der Waals surface area contributed by atoms with Crippen molar-refractivity contribution in [2.75, 3.05) is 0 Å². The minimum Gasteiger partial charge on any atom is -0.478 e. The molecule has 3 N–H and O–H groups in total. The summed E-state index contributed by atoms with van der Waals surface area (Å²) in [6, 6.07) is 8.59. The summed E-state index contributed by atoms with van der Waals surface area (Å²) in [5.41, 5.74) is 0.176. The second-order valence-electron chi connectivity index (χ2n) is 2.84. The van der Waals surface area contributed by atoms with Crippen molar-refractivity contribution in [3.8, 4) is 5.75 Å². The molecule has 0 aromatic heterocycles. The van der Waals surface area contributed by atoms with Crippen LogP contribution in [0, 0.1) is 0 Å². The number of hydrogen-bond acceptors (Lipinski definition) is 4. The van der Waals surface area contributed by atoms with Gasteiger partial charge in [-0.15, -0.1) is 0 Å². The zero-order chi connectivity index (χ0) is 12.6. The number of para-hydroxylation sites is 1. The molecule has 1 aromatic carbocycles. The Balaban J connectivity index is 0.000000325. The third-order valence-electron chi connectivity index (χ3n) is 1.35. The summed E-state index contributed by atoms with van der Waals surface area (Å²) in [6.45, 7) is 2.87. The summed E-state index contributed by atoms with van der Waals surface area (Å²) >= 11 is 0. The Morgan fingerprint density at radius 2 is 1.75 bits per heavy atom. The summed E-state index contributed by atoms with van der Waals surface area (Å²) in [7, 11) is 0. The van der Waals surface area contributed by atoms with E-state index in [9.17, 15) is 4.79 Å². The first kappa shape index (κ1) is 14.2. The molecule has 0 fully saturated rings. The van der Waals surface area contributed by atoms with Crippen molar-refractivity contribution in [2.45, 2.75) is 13.4 Å². The molecule has 1 rings (SSSR count). The van der Waals surface area contributed by atoms with Crippen LogP contribution in [0.15, 0.2) is 42.5 Å². The number of carboxylic acid groups (broad SMARTS) is 1. The van der Waals surface area contributed by atoms with Gasteiger partial charge in [0.15, 0.2) is 0 Å². The molecule has 0 heterocycles. The van der Waals surface area contributed by atoms with Crippen LogP contribution < -0.4 is 4.74 Å². The summed E-state index contributed by atoms with van der Waals surface area (Å²) in [5, 5.41) is 24.6. The lowest BCUT2D eigenvalue weighted by Gasteiger charge is -2.05. The largest absolute Gasteiger partial charge is 0.478 e. The molecule has 0 unspecified atom stereocenters. The quantitative estimate of drug-likeness (QED) is 0.528. The highest BCUT2D eigenvalue weighted by atomic mass is 16.7. The molecule has 5 heteroatoms. The average Bonchev–Trinajstić information content (AvgIpc) is 2.19. The van der Waals surface area contributed by atoms with Gasteiger partial charge in [0.05, 0.1) is 0 Å². The third kappa shape index (κ3) is 7.54. The molecule has 1 aromatic rings. The zero-order valence-electron chi connectivity index (χ0n) is 8.83. The molecule has 0 aliphatic heterocycles. The fraction of sp³-hybridized carbons (Fsp3) is 0.182. The van der Waals surface area contributed by atoms with Crippen LogP contribution in [-0.4, -0.2) is 27.8 Å². The van der Waals surface area contributed by atoms with Crippen LogP contribution in [0.4, 0.5) is 0 Å². The Bertz CT molecular complexity index is 319. The monoisotopic (exact) mass is 226 g/mol. The predicted octanol–water partition coefficient (Wildman–Crippen LogP) is 0.981. The average molecular weight is 226 g/mol. The van der Waals surface area contributed by atoms with Gasteiger partial charge in [0.1, 0.15) is 5.75 Å². The highest BCUT2D eigenvalue weighted by Crippen LogP contribution is 2.08. The van der Waals surface area contributed by atoms with Gasteiger partial charge in [-0.25, -0.2) is 4.79 Å². The van der Waals surface area contributed by atoms with Gasteiger partial charge < -0.3 is 20.1 Å². The van der Waals surface area contributed by atoms with E-state index in [1.807, 2.05) is 6.07 Å². The Morgan fingerprint density at radius 3 is 2.06 bits per heavy atom. The van der Waals surface area contributed by atoms with E-state index in [1.165, 1.54) is 6.92 Å². The minimum absolute atomic E-state index is 0.176. The van der Waals surface area contributed by atoms with E-state index in [-0.39, 0.29) is 5.57 Å². The first-order valence-electron chi connectivity index (χ1n) is 4.40. The van der Waals surface area contributed by atoms with Gasteiger partial charge >= 0.3 is 12.4 Å². The standard InChI is InChI=1S/C7H8O3.C4H6O2/c8-7(9)10-6-4-2-1-3-5-6;1-3(2)4(5)6/h1-5,7-9H;1H2,2H3,(H,5,6). The molecule has 0 aliphatic carbocycles. The number of aliphatic hydroxyl groups is 2. The predicted molar refractivity (Wildman–Crippen MR) is 57.7 cm³/mol. The van der Waals surface area contributed by atoms with Crippen LogP contribution in [0.5, 0.6) is 5.75 Å². The van der Waals surface area contributed by atoms with Crippen molar-refractivity contribution >= 4 is 5.97 Å². The second kappa shape index (κ2) is 7.44. The summed E-state index contributed by atoms with van der Waals surface area (Å²) in [6.07, 6.45) is 0. The molecule has 88 valence electrons. The highest BCUT2D eigenvalue weighted by molar-refractivity contribution is 5.84. The molecule has 0 bridgehead atoms. The number of hydrogen-bond donors (Lipinski definition) is 3. The molecule has 0 saturated heterocycles. The molecule has 0 saturated carbocycles. The lowest BCUT2D eigenvalue weighted by Crippen LogP contribution is -2.13. The van der Waals surface area contributed by atoms with Crippen LogP contribution in [0.1, 0.15) is 6.92 Å². The van der Waals surface area contributed by atoms with Crippen LogP contribution in [-0.2, 0) is 4.79 Å². The van der Waals surface area contributed by atoms with Crippen molar-refractivity contribution in [3.05, 3.63) is 42.5 Å². The SMILES string of the molecule is C=C(C)C(=O)O.OC(O)Oc1ccccc1. The molecule has 0 spiro atoms. The first-order chi connectivity index (χ1) is 7.43. The summed E-state index contributed by atoms with van der Waals surface area (Å²) in [5.74, 6) is -0.493. The zero-order valence-corrected chi connectivity index (χ0v) is 8.83. The van der Waals surface area contributed by atoms with Gasteiger partial charge in [0.2, 0.25) is 0 Å². The Kier molecular flexibility index (Phi) is 6.58. The van der Waals surface area contributed by atoms with Crippen LogP contribution >= 0.6 is 0 Å². The van der Waals surface area contributed by atoms with Crippen LogP contribution in [0.25, 0.3) is 0 Å². The number of carboxylic acids is 1. The van der Waals surface area contributed by atoms with E-state index >= 15 is 0 Å². The highest BCUT2D eigenvalue weighted by Gasteiger charge is 1.96. The van der Waals surface area contributed by atoms with E-state index in [0.717, 1.165) is 0 Å². The number of ether oxygens (including phenoxy) is 1. The van der Waals surface area contributed by atoms with E-state index in [0.29, 0.717) is 5.75 Å². The van der Waals surface area contributed by atoms with Crippen LogP contribution in [0.3, 0.4) is 0 Å². The van der Waals surface area contributed by atoms with Crippen LogP contribution in [0.2, 0.25) is 0 Å². The first-order valence-corrected chi connectivity index (χ1v) is 4.40. The number of benzene rings is 1. The lowest BCUT2D eigenvalue weighted by atomic mass is 10.3. The number of aliphatic carboxylic acids is 1. The molecule has 0 radical (unpaired) electrons. The molecule has 0 amide bonds. The fourth-order valence-corrected chi connectivity index (χ4v) is 0.621. The number of carbonyl (C=O) groups is 1. The van der Waals surface area contributed by atoms with Crippen molar-refractivity contribution in [1.29, 1.82) is 0 Å². The van der Waals surface area contributed by atoms with Gasteiger partial charge in [0, 0.05) is 5.57 Å². The molecule has 16 heavy (non-hydrogen) atoms. The topological polar surface area (TPSA) is 87.0 Å². The minimum atomic E-state index is -1.73.